The SMILES string of the molecule is CCCCCCCCC(S)C(C)(C)S. The zero-order valence-electron chi connectivity index (χ0n) is 9.92. The predicted octanol–water partition coefficient (Wildman–Crippen LogP) is 4.74. The number of thiol groups is 2. The molecule has 0 heterocycles. The van der Waals surface area contributed by atoms with E-state index in [4.69, 9.17) is 0 Å². The maximum Gasteiger partial charge on any atom is 0.0189 e. The molecular formula is C12H26S2. The van der Waals surface area contributed by atoms with Crippen LogP contribution in [0, 0.1) is 0 Å². The minimum atomic E-state index is 0.0620. The van der Waals surface area contributed by atoms with E-state index in [2.05, 4.69) is 46.0 Å². The van der Waals surface area contributed by atoms with Gasteiger partial charge in [0.1, 0.15) is 0 Å². The minimum Gasteiger partial charge on any atom is -0.175 e. The Morgan fingerprint density at radius 2 is 1.50 bits per heavy atom. The van der Waals surface area contributed by atoms with Crippen LogP contribution in [0.5, 0.6) is 0 Å². The van der Waals surface area contributed by atoms with Crippen molar-refractivity contribution in [2.45, 2.75) is 75.7 Å². The predicted molar refractivity (Wildman–Crippen MR) is 73.8 cm³/mol. The normalized spacial score (nSPS) is 14.4. The van der Waals surface area contributed by atoms with Gasteiger partial charge in [0.15, 0.2) is 0 Å². The van der Waals surface area contributed by atoms with E-state index in [1.165, 1.54) is 44.9 Å². The highest BCUT2D eigenvalue weighted by molar-refractivity contribution is 7.85. The van der Waals surface area contributed by atoms with E-state index in [-0.39, 0.29) is 4.75 Å². The number of hydrogen-bond acceptors (Lipinski definition) is 2. The van der Waals surface area contributed by atoms with Gasteiger partial charge in [0.2, 0.25) is 0 Å². The largest absolute Gasteiger partial charge is 0.175 e. The molecule has 86 valence electrons. The third kappa shape index (κ3) is 8.05. The molecule has 0 rings (SSSR count). The zero-order valence-corrected chi connectivity index (χ0v) is 11.7. The van der Waals surface area contributed by atoms with Crippen LogP contribution < -0.4 is 0 Å². The third-order valence-corrected chi connectivity index (χ3v) is 4.07. The highest BCUT2D eigenvalue weighted by Crippen LogP contribution is 2.26. The Hall–Kier alpha value is 0.700. The Morgan fingerprint density at radius 1 is 1.00 bits per heavy atom. The summed E-state index contributed by atoms with van der Waals surface area (Å²) in [5, 5.41) is 0.428. The van der Waals surface area contributed by atoms with E-state index in [1.807, 2.05) is 0 Å². The van der Waals surface area contributed by atoms with E-state index in [0.717, 1.165) is 0 Å². The molecule has 0 radical (unpaired) electrons. The van der Waals surface area contributed by atoms with Gasteiger partial charge in [0.25, 0.3) is 0 Å². The molecule has 0 aliphatic carbocycles. The first-order valence-corrected chi connectivity index (χ1v) is 6.85. The summed E-state index contributed by atoms with van der Waals surface area (Å²) in [4.78, 5) is 0. The van der Waals surface area contributed by atoms with Gasteiger partial charge in [-0.2, -0.15) is 25.3 Å². The van der Waals surface area contributed by atoms with Crippen molar-refractivity contribution in [2.24, 2.45) is 0 Å². The molecule has 0 spiro atoms. The van der Waals surface area contributed by atoms with Crippen molar-refractivity contribution in [2.75, 3.05) is 0 Å². The lowest BCUT2D eigenvalue weighted by Gasteiger charge is -2.25. The van der Waals surface area contributed by atoms with Crippen molar-refractivity contribution in [3.8, 4) is 0 Å². The van der Waals surface area contributed by atoms with E-state index in [0.29, 0.717) is 5.25 Å². The highest BCUT2D eigenvalue weighted by atomic mass is 32.1. The van der Waals surface area contributed by atoms with Gasteiger partial charge in [0, 0.05) is 10.00 Å². The van der Waals surface area contributed by atoms with Gasteiger partial charge in [-0.1, -0.05) is 45.4 Å². The number of hydrogen-bond donors (Lipinski definition) is 2. The first-order chi connectivity index (χ1) is 6.48. The van der Waals surface area contributed by atoms with E-state index in [1.54, 1.807) is 0 Å². The van der Waals surface area contributed by atoms with Crippen LogP contribution in [0.15, 0.2) is 0 Å². The van der Waals surface area contributed by atoms with E-state index < -0.39 is 0 Å². The second-order valence-electron chi connectivity index (χ2n) is 4.73. The summed E-state index contributed by atoms with van der Waals surface area (Å²) >= 11 is 9.11. The fourth-order valence-corrected chi connectivity index (χ4v) is 1.78. The topological polar surface area (TPSA) is 0 Å². The standard InChI is InChI=1S/C12H26S2/c1-4-5-6-7-8-9-10-11(13)12(2,3)14/h11,13-14H,4-10H2,1-3H3. The van der Waals surface area contributed by atoms with Crippen LogP contribution in [0.25, 0.3) is 0 Å². The van der Waals surface area contributed by atoms with Gasteiger partial charge in [-0.25, -0.2) is 0 Å². The Bertz CT molecular complexity index is 127. The average Bonchev–Trinajstić information content (AvgIpc) is 2.09. The Kier molecular flexibility index (Phi) is 8.32. The molecule has 0 aromatic heterocycles. The Labute approximate surface area is 101 Å². The second kappa shape index (κ2) is 7.92. The molecule has 1 unspecified atom stereocenters. The van der Waals surface area contributed by atoms with Crippen molar-refractivity contribution < 1.29 is 0 Å². The molecule has 0 fully saturated rings. The van der Waals surface area contributed by atoms with Crippen molar-refractivity contribution in [1.29, 1.82) is 0 Å². The fourth-order valence-electron chi connectivity index (χ4n) is 1.47. The Balaban J connectivity index is 3.28. The molecular weight excluding hydrogens is 208 g/mol. The monoisotopic (exact) mass is 234 g/mol. The summed E-state index contributed by atoms with van der Waals surface area (Å²) in [6.07, 6.45) is 9.38. The molecule has 2 heteroatoms. The van der Waals surface area contributed by atoms with Crippen molar-refractivity contribution in [1.82, 2.24) is 0 Å². The maximum atomic E-state index is 4.58. The molecule has 0 saturated carbocycles. The summed E-state index contributed by atoms with van der Waals surface area (Å²) in [6, 6.07) is 0. The average molecular weight is 234 g/mol. The van der Waals surface area contributed by atoms with Crippen molar-refractivity contribution in [3.05, 3.63) is 0 Å². The molecule has 0 bridgehead atoms. The van der Waals surface area contributed by atoms with Gasteiger partial charge in [0.05, 0.1) is 0 Å². The second-order valence-corrected chi connectivity index (χ2v) is 6.50. The lowest BCUT2D eigenvalue weighted by molar-refractivity contribution is 0.550. The summed E-state index contributed by atoms with van der Waals surface area (Å²) in [7, 11) is 0. The van der Waals surface area contributed by atoms with Crippen LogP contribution in [-0.2, 0) is 0 Å². The van der Waals surface area contributed by atoms with Gasteiger partial charge < -0.3 is 0 Å². The quantitative estimate of drug-likeness (QED) is 0.440. The molecule has 0 aliphatic rings. The molecule has 0 saturated heterocycles. The van der Waals surface area contributed by atoms with Crippen molar-refractivity contribution >= 4 is 25.3 Å². The number of rotatable bonds is 8. The molecule has 0 aromatic rings. The van der Waals surface area contributed by atoms with Crippen LogP contribution in [0.1, 0.15) is 65.7 Å². The molecule has 0 nitrogen and oxygen atoms in total. The van der Waals surface area contributed by atoms with Crippen LogP contribution in [0.4, 0.5) is 0 Å². The lowest BCUT2D eigenvalue weighted by atomic mass is 10.0. The van der Waals surface area contributed by atoms with Crippen LogP contribution in [-0.4, -0.2) is 10.00 Å². The summed E-state index contributed by atoms with van der Waals surface area (Å²) in [5.74, 6) is 0. The highest BCUT2D eigenvalue weighted by Gasteiger charge is 2.20. The minimum absolute atomic E-state index is 0.0620. The van der Waals surface area contributed by atoms with Crippen LogP contribution in [0.2, 0.25) is 0 Å². The molecule has 14 heavy (non-hydrogen) atoms. The first kappa shape index (κ1) is 14.7. The van der Waals surface area contributed by atoms with Crippen molar-refractivity contribution in [3.63, 3.8) is 0 Å². The molecule has 0 aliphatic heterocycles. The molecule has 0 aromatic carbocycles. The zero-order chi connectivity index (χ0) is 11.0. The van der Waals surface area contributed by atoms with Crippen LogP contribution >= 0.6 is 25.3 Å². The van der Waals surface area contributed by atoms with Gasteiger partial charge in [-0.3, -0.25) is 0 Å². The fraction of sp³-hybridized carbons (Fsp3) is 1.00. The summed E-state index contributed by atoms with van der Waals surface area (Å²) in [5.41, 5.74) is 0. The Morgan fingerprint density at radius 3 is 2.00 bits per heavy atom. The van der Waals surface area contributed by atoms with Gasteiger partial charge in [-0.15, -0.1) is 0 Å². The third-order valence-electron chi connectivity index (χ3n) is 2.65. The maximum absolute atomic E-state index is 4.58. The van der Waals surface area contributed by atoms with E-state index in [9.17, 15) is 0 Å². The molecule has 1 atom stereocenters. The summed E-state index contributed by atoms with van der Waals surface area (Å²) < 4.78 is 0.0620. The smallest absolute Gasteiger partial charge is 0.0189 e. The molecule has 0 N–H and O–H groups in total. The van der Waals surface area contributed by atoms with Crippen LogP contribution in [0.3, 0.4) is 0 Å². The summed E-state index contributed by atoms with van der Waals surface area (Å²) in [6.45, 7) is 6.54. The van der Waals surface area contributed by atoms with E-state index >= 15 is 0 Å². The van der Waals surface area contributed by atoms with Gasteiger partial charge in [-0.05, 0) is 20.3 Å². The number of unbranched alkanes of at least 4 members (excludes halogenated alkanes) is 5. The molecule has 0 amide bonds. The van der Waals surface area contributed by atoms with Gasteiger partial charge >= 0.3 is 0 Å². The lowest BCUT2D eigenvalue weighted by Crippen LogP contribution is -2.25. The first-order valence-electron chi connectivity index (χ1n) is 5.89.